The van der Waals surface area contributed by atoms with E-state index >= 15 is 0 Å². The number of hydrogen-bond acceptors (Lipinski definition) is 2. The van der Waals surface area contributed by atoms with Gasteiger partial charge in [0.15, 0.2) is 5.79 Å². The molecule has 0 radical (unpaired) electrons. The number of hydrogen-bond donors (Lipinski definition) is 0. The van der Waals surface area contributed by atoms with Crippen molar-refractivity contribution in [3.63, 3.8) is 0 Å². The molecule has 3 heteroatoms. The predicted octanol–water partition coefficient (Wildman–Crippen LogP) is 1.19. The summed E-state index contributed by atoms with van der Waals surface area (Å²) >= 11 is 0. The Labute approximate surface area is 55.6 Å². The number of halogens is 1. The van der Waals surface area contributed by atoms with Gasteiger partial charge in [0.2, 0.25) is 0 Å². The summed E-state index contributed by atoms with van der Waals surface area (Å²) in [6, 6.07) is 0. The highest BCUT2D eigenvalue weighted by Crippen LogP contribution is 2.15. The zero-order chi connectivity index (χ0) is 5.33. The molecule has 0 spiro atoms. The second kappa shape index (κ2) is 2.67. The van der Waals surface area contributed by atoms with Crippen LogP contribution in [0, 0.1) is 0 Å². The molecule has 0 atom stereocenters. The van der Waals surface area contributed by atoms with E-state index in [2.05, 4.69) is 0 Å². The third kappa shape index (κ3) is 1.99. The van der Waals surface area contributed by atoms with Gasteiger partial charge >= 0.3 is 0 Å². The van der Waals surface area contributed by atoms with E-state index in [1.165, 1.54) is 0 Å². The molecule has 1 heterocycles. The summed E-state index contributed by atoms with van der Waals surface area (Å²) in [5.74, 6) is -0.306. The standard InChI is InChI=1S/C5H10O2.ClH/c1-5(2)6-3-4-7-5;/h3-4H2,1-2H3;1H. The van der Waals surface area contributed by atoms with Crippen LogP contribution >= 0.6 is 12.4 Å². The van der Waals surface area contributed by atoms with Gasteiger partial charge in [-0.25, -0.2) is 0 Å². The molecule has 0 aromatic carbocycles. The zero-order valence-electron chi connectivity index (χ0n) is 5.14. The average Bonchev–Trinajstić information content (AvgIpc) is 1.84. The molecule has 0 bridgehead atoms. The molecular weight excluding hydrogens is 128 g/mol. The van der Waals surface area contributed by atoms with E-state index in [9.17, 15) is 0 Å². The molecule has 2 nitrogen and oxygen atoms in total. The summed E-state index contributed by atoms with van der Waals surface area (Å²) in [7, 11) is 0. The lowest BCUT2D eigenvalue weighted by Crippen LogP contribution is -2.18. The first-order valence-electron chi connectivity index (χ1n) is 2.49. The Hall–Kier alpha value is 0.210. The first-order chi connectivity index (χ1) is 3.21. The highest BCUT2D eigenvalue weighted by molar-refractivity contribution is 5.85. The van der Waals surface area contributed by atoms with Crippen LogP contribution in [0.5, 0.6) is 0 Å². The molecule has 0 amide bonds. The lowest BCUT2D eigenvalue weighted by Gasteiger charge is -2.13. The van der Waals surface area contributed by atoms with Crippen molar-refractivity contribution in [3.05, 3.63) is 0 Å². The van der Waals surface area contributed by atoms with Crippen molar-refractivity contribution >= 4 is 12.4 Å². The zero-order valence-corrected chi connectivity index (χ0v) is 5.96. The maximum absolute atomic E-state index is 5.12. The van der Waals surface area contributed by atoms with Gasteiger partial charge in [-0.2, -0.15) is 0 Å². The van der Waals surface area contributed by atoms with Gasteiger partial charge in [-0.3, -0.25) is 0 Å². The lowest BCUT2D eigenvalue weighted by molar-refractivity contribution is -0.125. The Morgan fingerprint density at radius 3 is 1.62 bits per heavy atom. The van der Waals surface area contributed by atoms with Gasteiger partial charge in [-0.1, -0.05) is 0 Å². The summed E-state index contributed by atoms with van der Waals surface area (Å²) in [4.78, 5) is 0. The Bertz CT molecular complexity index is 64.8. The van der Waals surface area contributed by atoms with E-state index in [1.54, 1.807) is 0 Å². The molecular formula is C5H11ClO2. The highest BCUT2D eigenvalue weighted by atomic mass is 35.5. The fourth-order valence-corrected chi connectivity index (χ4v) is 0.617. The fourth-order valence-electron chi connectivity index (χ4n) is 0.617. The van der Waals surface area contributed by atoms with Crippen molar-refractivity contribution in [2.75, 3.05) is 13.2 Å². The molecule has 0 aromatic heterocycles. The quantitative estimate of drug-likeness (QED) is 0.501. The fraction of sp³-hybridized carbons (Fsp3) is 1.00. The summed E-state index contributed by atoms with van der Waals surface area (Å²) in [6.07, 6.45) is 0. The molecule has 1 saturated heterocycles. The largest absolute Gasteiger partial charge is 0.348 e. The van der Waals surface area contributed by atoms with Crippen LogP contribution in [0.1, 0.15) is 13.8 Å². The van der Waals surface area contributed by atoms with E-state index in [0.717, 1.165) is 13.2 Å². The smallest absolute Gasteiger partial charge is 0.162 e. The van der Waals surface area contributed by atoms with E-state index in [0.29, 0.717) is 0 Å². The van der Waals surface area contributed by atoms with Crippen molar-refractivity contribution in [2.45, 2.75) is 19.6 Å². The minimum absolute atomic E-state index is 0. The Morgan fingerprint density at radius 1 is 1.12 bits per heavy atom. The molecule has 1 fully saturated rings. The van der Waals surface area contributed by atoms with Crippen molar-refractivity contribution in [1.29, 1.82) is 0 Å². The van der Waals surface area contributed by atoms with Crippen LogP contribution in [0.2, 0.25) is 0 Å². The monoisotopic (exact) mass is 138 g/mol. The summed E-state index contributed by atoms with van der Waals surface area (Å²) < 4.78 is 10.2. The molecule has 8 heavy (non-hydrogen) atoms. The van der Waals surface area contributed by atoms with E-state index in [-0.39, 0.29) is 18.2 Å². The number of rotatable bonds is 0. The van der Waals surface area contributed by atoms with Crippen molar-refractivity contribution < 1.29 is 9.47 Å². The van der Waals surface area contributed by atoms with E-state index < -0.39 is 0 Å². The van der Waals surface area contributed by atoms with Crippen LogP contribution in [0.4, 0.5) is 0 Å². The van der Waals surface area contributed by atoms with Crippen LogP contribution in [-0.4, -0.2) is 19.0 Å². The average molecular weight is 139 g/mol. The van der Waals surface area contributed by atoms with E-state index in [1.807, 2.05) is 13.8 Å². The van der Waals surface area contributed by atoms with Crippen LogP contribution in [0.15, 0.2) is 0 Å². The van der Waals surface area contributed by atoms with Gasteiger partial charge in [-0.05, 0) is 13.8 Å². The Morgan fingerprint density at radius 2 is 1.50 bits per heavy atom. The maximum atomic E-state index is 5.12. The molecule has 50 valence electrons. The lowest BCUT2D eigenvalue weighted by atomic mass is 10.4. The summed E-state index contributed by atoms with van der Waals surface area (Å²) in [5, 5.41) is 0. The van der Waals surface area contributed by atoms with Crippen LogP contribution in [0.25, 0.3) is 0 Å². The molecule has 0 aromatic rings. The van der Waals surface area contributed by atoms with Gasteiger partial charge in [-0.15, -0.1) is 12.4 Å². The first kappa shape index (κ1) is 8.21. The minimum Gasteiger partial charge on any atom is -0.348 e. The molecule has 0 unspecified atom stereocenters. The SMILES string of the molecule is CC1(C)OCCO1.Cl. The van der Waals surface area contributed by atoms with Crippen molar-refractivity contribution in [1.82, 2.24) is 0 Å². The van der Waals surface area contributed by atoms with E-state index in [4.69, 9.17) is 9.47 Å². The highest BCUT2D eigenvalue weighted by Gasteiger charge is 2.23. The molecule has 0 N–H and O–H groups in total. The molecule has 1 aliphatic rings. The van der Waals surface area contributed by atoms with Gasteiger partial charge < -0.3 is 9.47 Å². The summed E-state index contributed by atoms with van der Waals surface area (Å²) in [5.41, 5.74) is 0. The first-order valence-corrected chi connectivity index (χ1v) is 2.49. The predicted molar refractivity (Wildman–Crippen MR) is 33.2 cm³/mol. The molecule has 0 aliphatic carbocycles. The molecule has 1 aliphatic heterocycles. The van der Waals surface area contributed by atoms with Gasteiger partial charge in [0.1, 0.15) is 0 Å². The summed E-state index contributed by atoms with van der Waals surface area (Å²) in [6.45, 7) is 5.32. The van der Waals surface area contributed by atoms with Gasteiger partial charge in [0, 0.05) is 0 Å². The second-order valence-electron chi connectivity index (χ2n) is 2.10. The van der Waals surface area contributed by atoms with Crippen LogP contribution in [0.3, 0.4) is 0 Å². The maximum Gasteiger partial charge on any atom is 0.162 e. The van der Waals surface area contributed by atoms with Crippen molar-refractivity contribution in [3.8, 4) is 0 Å². The van der Waals surface area contributed by atoms with Crippen LogP contribution in [-0.2, 0) is 9.47 Å². The Balaban J connectivity index is 0.000000490. The topological polar surface area (TPSA) is 18.5 Å². The Kier molecular flexibility index (Phi) is 2.74. The second-order valence-corrected chi connectivity index (χ2v) is 2.10. The number of ether oxygens (including phenoxy) is 2. The van der Waals surface area contributed by atoms with Crippen molar-refractivity contribution in [2.24, 2.45) is 0 Å². The molecule has 0 saturated carbocycles. The third-order valence-electron chi connectivity index (χ3n) is 0.983. The van der Waals surface area contributed by atoms with Gasteiger partial charge in [0.25, 0.3) is 0 Å². The minimum atomic E-state index is -0.306. The molecule has 1 rings (SSSR count). The third-order valence-corrected chi connectivity index (χ3v) is 0.983. The normalized spacial score (nSPS) is 24.8. The van der Waals surface area contributed by atoms with Gasteiger partial charge in [0.05, 0.1) is 13.2 Å². The van der Waals surface area contributed by atoms with Crippen LogP contribution < -0.4 is 0 Å².